The van der Waals surface area contributed by atoms with Gasteiger partial charge in [0.05, 0.1) is 11.1 Å². The van der Waals surface area contributed by atoms with Crippen molar-refractivity contribution in [3.8, 4) is 55.6 Å². The highest BCUT2D eigenvalue weighted by Gasteiger charge is 2.46. The SMILES string of the molecule is c1ccc(-c2cccc(-c3cccc(N(c4ccc5c(c4)C(c4ccccc4)(c4ccccc4)c4ccccc4-5)c4ccccc4-c4cccc(-c5cccc6ccccc56)c4)c3)c2)cc1. The molecule has 0 aliphatic heterocycles. The fraction of sp³-hybridized carbons (Fsp3) is 0.0154. The Morgan fingerprint density at radius 1 is 0.258 bits per heavy atom. The van der Waals surface area contributed by atoms with Crippen molar-refractivity contribution in [2.75, 3.05) is 4.90 Å². The van der Waals surface area contributed by atoms with Crippen molar-refractivity contribution in [2.24, 2.45) is 0 Å². The molecule has 0 radical (unpaired) electrons. The molecule has 0 bridgehead atoms. The van der Waals surface area contributed by atoms with E-state index in [0.717, 1.165) is 33.8 Å². The van der Waals surface area contributed by atoms with Gasteiger partial charge in [0, 0.05) is 16.9 Å². The van der Waals surface area contributed by atoms with Crippen LogP contribution in [0.4, 0.5) is 17.1 Å². The lowest BCUT2D eigenvalue weighted by atomic mass is 9.67. The molecule has 0 atom stereocenters. The predicted octanol–water partition coefficient (Wildman–Crippen LogP) is 17.3. The van der Waals surface area contributed by atoms with Crippen LogP contribution >= 0.6 is 0 Å². The summed E-state index contributed by atoms with van der Waals surface area (Å²) in [6, 6.07) is 100. The average molecular weight is 840 g/mol. The second kappa shape index (κ2) is 16.6. The molecule has 1 aliphatic rings. The van der Waals surface area contributed by atoms with E-state index >= 15 is 0 Å². The number of nitrogens with zero attached hydrogens (tertiary/aromatic N) is 1. The van der Waals surface area contributed by atoms with Crippen molar-refractivity contribution in [3.05, 3.63) is 295 Å². The van der Waals surface area contributed by atoms with Crippen molar-refractivity contribution in [3.63, 3.8) is 0 Å². The molecule has 11 aromatic carbocycles. The van der Waals surface area contributed by atoms with Gasteiger partial charge in [0.2, 0.25) is 0 Å². The molecule has 0 saturated carbocycles. The summed E-state index contributed by atoms with van der Waals surface area (Å²) in [6.45, 7) is 0. The van der Waals surface area contributed by atoms with E-state index in [4.69, 9.17) is 0 Å². The smallest absolute Gasteiger partial charge is 0.0714 e. The topological polar surface area (TPSA) is 3.24 Å². The van der Waals surface area contributed by atoms with Crippen LogP contribution in [0.1, 0.15) is 22.3 Å². The van der Waals surface area contributed by atoms with Gasteiger partial charge >= 0.3 is 0 Å². The molecule has 11 aromatic rings. The van der Waals surface area contributed by atoms with E-state index in [1.807, 2.05) is 0 Å². The molecular weight excluding hydrogens is 795 g/mol. The highest BCUT2D eigenvalue weighted by molar-refractivity contribution is 5.98. The minimum atomic E-state index is -0.540. The van der Waals surface area contributed by atoms with Gasteiger partial charge in [-0.2, -0.15) is 0 Å². The Morgan fingerprint density at radius 3 is 1.48 bits per heavy atom. The fourth-order valence-corrected chi connectivity index (χ4v) is 10.6. The molecule has 0 N–H and O–H groups in total. The summed E-state index contributed by atoms with van der Waals surface area (Å²) in [5.74, 6) is 0. The summed E-state index contributed by atoms with van der Waals surface area (Å²) in [5, 5.41) is 2.49. The molecule has 0 heterocycles. The minimum absolute atomic E-state index is 0.540. The second-order valence-corrected chi connectivity index (χ2v) is 17.2. The summed E-state index contributed by atoms with van der Waals surface area (Å²) >= 11 is 0. The maximum absolute atomic E-state index is 2.48. The van der Waals surface area contributed by atoms with Gasteiger partial charge in [-0.25, -0.2) is 0 Å². The molecule has 0 unspecified atom stereocenters. The van der Waals surface area contributed by atoms with Crippen molar-refractivity contribution < 1.29 is 0 Å². The lowest BCUT2D eigenvalue weighted by Crippen LogP contribution is -2.28. The molecule has 0 fully saturated rings. The third kappa shape index (κ3) is 6.64. The van der Waals surface area contributed by atoms with E-state index in [1.54, 1.807) is 0 Å². The second-order valence-electron chi connectivity index (χ2n) is 17.2. The lowest BCUT2D eigenvalue weighted by Gasteiger charge is -2.35. The fourth-order valence-electron chi connectivity index (χ4n) is 10.6. The summed E-state index contributed by atoms with van der Waals surface area (Å²) < 4.78 is 0. The largest absolute Gasteiger partial charge is 0.310 e. The maximum Gasteiger partial charge on any atom is 0.0714 e. The Kier molecular flexibility index (Phi) is 9.81. The molecule has 1 aliphatic carbocycles. The van der Waals surface area contributed by atoms with E-state index in [1.165, 1.54) is 72.0 Å². The van der Waals surface area contributed by atoms with Crippen molar-refractivity contribution >= 4 is 27.8 Å². The Labute approximate surface area is 387 Å². The molecule has 0 amide bonds. The first kappa shape index (κ1) is 39.1. The zero-order chi connectivity index (χ0) is 43.9. The van der Waals surface area contributed by atoms with Crippen LogP contribution in [-0.2, 0) is 5.41 Å². The standard InChI is InChI=1S/C65H45N/c1-4-20-46(21-5-1)48-24-16-25-49(42-48)50-26-18-33-55(44-50)66(64-39-15-13-35-59(64)52-28-17-27-51(43-52)58-37-19-23-47-22-10-11-34-57(47)58)56-40-41-61-60-36-12-14-38-62(60)65(63(61)45-56,53-29-6-2-7-30-53)54-31-8-3-9-32-54/h1-45H. The third-order valence-corrected chi connectivity index (χ3v) is 13.5. The molecule has 12 rings (SSSR count). The predicted molar refractivity (Wildman–Crippen MR) is 278 cm³/mol. The zero-order valence-corrected chi connectivity index (χ0v) is 36.4. The normalized spacial score (nSPS) is 12.4. The zero-order valence-electron chi connectivity index (χ0n) is 36.4. The molecule has 0 saturated heterocycles. The van der Waals surface area contributed by atoms with Gasteiger partial charge in [0.15, 0.2) is 0 Å². The van der Waals surface area contributed by atoms with Crippen LogP contribution in [0.3, 0.4) is 0 Å². The molecule has 0 aromatic heterocycles. The molecule has 0 spiro atoms. The Morgan fingerprint density at radius 2 is 0.727 bits per heavy atom. The quantitative estimate of drug-likeness (QED) is 0.140. The van der Waals surface area contributed by atoms with Crippen molar-refractivity contribution in [2.45, 2.75) is 5.41 Å². The van der Waals surface area contributed by atoms with E-state index in [2.05, 4.69) is 278 Å². The number of anilines is 3. The van der Waals surface area contributed by atoms with Gasteiger partial charge in [0.25, 0.3) is 0 Å². The van der Waals surface area contributed by atoms with Crippen LogP contribution in [-0.4, -0.2) is 0 Å². The van der Waals surface area contributed by atoms with Gasteiger partial charge in [-0.05, 0) is 126 Å². The number of benzene rings is 11. The van der Waals surface area contributed by atoms with Gasteiger partial charge in [-0.1, -0.05) is 231 Å². The van der Waals surface area contributed by atoms with Gasteiger partial charge in [-0.15, -0.1) is 0 Å². The van der Waals surface area contributed by atoms with E-state index in [9.17, 15) is 0 Å². The lowest BCUT2D eigenvalue weighted by molar-refractivity contribution is 0.768. The van der Waals surface area contributed by atoms with Gasteiger partial charge in [-0.3, -0.25) is 0 Å². The third-order valence-electron chi connectivity index (χ3n) is 13.5. The monoisotopic (exact) mass is 839 g/mol. The van der Waals surface area contributed by atoms with Gasteiger partial charge in [0.1, 0.15) is 0 Å². The Bertz CT molecular complexity index is 3490. The summed E-state index contributed by atoms with van der Waals surface area (Å²) in [7, 11) is 0. The van der Waals surface area contributed by atoms with Crippen LogP contribution in [0.5, 0.6) is 0 Å². The molecule has 1 heteroatoms. The summed E-state index contributed by atoms with van der Waals surface area (Å²) in [4.78, 5) is 2.48. The van der Waals surface area contributed by atoms with Crippen LogP contribution in [0.15, 0.2) is 273 Å². The van der Waals surface area contributed by atoms with Crippen molar-refractivity contribution in [1.29, 1.82) is 0 Å². The molecular formula is C65H45N. The highest BCUT2D eigenvalue weighted by Crippen LogP contribution is 2.57. The first-order valence-electron chi connectivity index (χ1n) is 22.8. The van der Waals surface area contributed by atoms with E-state index in [-0.39, 0.29) is 0 Å². The Hall–Kier alpha value is -8.52. The number of para-hydroxylation sites is 1. The summed E-state index contributed by atoms with van der Waals surface area (Å²) in [5.41, 5.74) is 19.8. The number of rotatable bonds is 9. The van der Waals surface area contributed by atoms with Gasteiger partial charge < -0.3 is 4.90 Å². The van der Waals surface area contributed by atoms with Crippen LogP contribution in [0.2, 0.25) is 0 Å². The van der Waals surface area contributed by atoms with Crippen LogP contribution in [0, 0.1) is 0 Å². The minimum Gasteiger partial charge on any atom is -0.310 e. The van der Waals surface area contributed by atoms with E-state index in [0.29, 0.717) is 0 Å². The first-order valence-corrected chi connectivity index (χ1v) is 22.8. The number of fused-ring (bicyclic) bond motifs is 4. The highest BCUT2D eigenvalue weighted by atomic mass is 15.1. The van der Waals surface area contributed by atoms with E-state index < -0.39 is 5.41 Å². The molecule has 310 valence electrons. The number of hydrogen-bond acceptors (Lipinski definition) is 1. The van der Waals surface area contributed by atoms with Crippen LogP contribution < -0.4 is 4.90 Å². The number of hydrogen-bond donors (Lipinski definition) is 0. The van der Waals surface area contributed by atoms with Crippen LogP contribution in [0.25, 0.3) is 66.4 Å². The molecule has 66 heavy (non-hydrogen) atoms. The van der Waals surface area contributed by atoms with Crippen molar-refractivity contribution in [1.82, 2.24) is 0 Å². The maximum atomic E-state index is 2.48. The first-order chi connectivity index (χ1) is 32.7. The summed E-state index contributed by atoms with van der Waals surface area (Å²) in [6.07, 6.45) is 0. The molecule has 1 nitrogen and oxygen atoms in total. The Balaban J connectivity index is 1.09. The average Bonchev–Trinajstić information content (AvgIpc) is 3.70.